The monoisotopic (exact) mass is 378 g/mol. The molecular weight excluding hydrogens is 367 g/mol. The Morgan fingerprint density at radius 3 is 2.95 bits per heavy atom. The number of nitrogens with zero attached hydrogens (tertiary/aromatic N) is 4. The summed E-state index contributed by atoms with van der Waals surface area (Å²) in [5.41, 5.74) is 0.351. The summed E-state index contributed by atoms with van der Waals surface area (Å²) >= 11 is 1.95. The Morgan fingerprint density at radius 2 is 2.37 bits per heavy atom. The lowest BCUT2D eigenvalue weighted by molar-refractivity contribution is 0.0514. The molecule has 0 radical (unpaired) electrons. The third kappa shape index (κ3) is 2.92. The summed E-state index contributed by atoms with van der Waals surface area (Å²) in [5.74, 6) is -0.486. The molecule has 0 bridgehead atoms. The fourth-order valence-corrected chi connectivity index (χ4v) is 2.13. The van der Waals surface area contributed by atoms with Gasteiger partial charge in [-0.3, -0.25) is 0 Å². The van der Waals surface area contributed by atoms with Gasteiger partial charge in [0.25, 0.3) is 0 Å². The highest BCUT2D eigenvalue weighted by Gasteiger charge is 2.24. The Labute approximate surface area is 121 Å². The van der Waals surface area contributed by atoms with Gasteiger partial charge in [0.05, 0.1) is 6.61 Å². The molecule has 0 aliphatic rings. The van der Waals surface area contributed by atoms with Crippen LogP contribution in [-0.4, -0.2) is 37.8 Å². The molecule has 2 aromatic heterocycles. The van der Waals surface area contributed by atoms with Crippen LogP contribution in [0, 0.1) is 3.70 Å². The molecule has 1 atom stereocenters. The number of hydrogen-bond donors (Lipinski definition) is 1. The van der Waals surface area contributed by atoms with Crippen molar-refractivity contribution < 1.29 is 19.2 Å². The number of ether oxygens (including phenoxy) is 1. The number of carbonyl (C=O) groups excluding carboxylic acids is 1. The van der Waals surface area contributed by atoms with Crippen LogP contribution in [-0.2, 0) is 11.8 Å². The Balaban J connectivity index is 2.23. The Hall–Kier alpha value is -1.49. The third-order valence-corrected chi connectivity index (χ3v) is 3.01. The Morgan fingerprint density at radius 1 is 1.63 bits per heavy atom. The molecule has 9 heteroatoms. The van der Waals surface area contributed by atoms with Crippen molar-refractivity contribution >= 4 is 28.6 Å². The zero-order chi connectivity index (χ0) is 14.0. The molecule has 8 nitrogen and oxygen atoms in total. The summed E-state index contributed by atoms with van der Waals surface area (Å²) in [6, 6.07) is 1.33. The molecule has 0 saturated carbocycles. The first-order valence-corrected chi connectivity index (χ1v) is 6.49. The van der Waals surface area contributed by atoms with Crippen LogP contribution < -0.4 is 0 Å². The van der Waals surface area contributed by atoms with Crippen LogP contribution >= 0.6 is 22.6 Å². The quantitative estimate of drug-likeness (QED) is 0.616. The van der Waals surface area contributed by atoms with Crippen LogP contribution in [0.3, 0.4) is 0 Å². The number of hydrogen-bond acceptors (Lipinski definition) is 7. The van der Waals surface area contributed by atoms with E-state index < -0.39 is 12.1 Å². The SMILES string of the molecule is CCOC(=O)c1cc(C(O)c2nn(C)nc2I)on1. The summed E-state index contributed by atoms with van der Waals surface area (Å²) in [7, 11) is 1.64. The lowest BCUT2D eigenvalue weighted by Gasteiger charge is -2.01. The maximum absolute atomic E-state index is 11.4. The van der Waals surface area contributed by atoms with Crippen molar-refractivity contribution in [1.82, 2.24) is 20.2 Å². The molecule has 0 aliphatic carbocycles. The number of aliphatic hydroxyl groups is 1. The van der Waals surface area contributed by atoms with Crippen molar-refractivity contribution in [2.45, 2.75) is 13.0 Å². The summed E-state index contributed by atoms with van der Waals surface area (Å²) in [6.07, 6.45) is -1.13. The molecule has 102 valence electrons. The standard InChI is InChI=1S/C10H11IN4O4/c1-3-18-10(17)5-4-6(19-14-5)8(16)7-9(11)13-15(2)12-7/h4,8,16H,3H2,1-2H3. The normalized spacial score (nSPS) is 12.4. The van der Waals surface area contributed by atoms with E-state index in [2.05, 4.69) is 15.4 Å². The summed E-state index contributed by atoms with van der Waals surface area (Å²) < 4.78 is 10.3. The molecule has 0 amide bonds. The van der Waals surface area contributed by atoms with Crippen LogP contribution in [0.4, 0.5) is 0 Å². The Kier molecular flexibility index (Phi) is 4.14. The maximum atomic E-state index is 11.4. The van der Waals surface area contributed by atoms with Gasteiger partial charge in [0.15, 0.2) is 17.6 Å². The number of esters is 1. The minimum Gasteiger partial charge on any atom is -0.461 e. The first-order chi connectivity index (χ1) is 9.02. The Bertz CT molecular complexity index is 594. The van der Waals surface area contributed by atoms with Crippen LogP contribution in [0.25, 0.3) is 0 Å². The smallest absolute Gasteiger partial charge is 0.360 e. The van der Waals surface area contributed by atoms with Gasteiger partial charge in [-0.2, -0.15) is 9.90 Å². The van der Waals surface area contributed by atoms with Crippen molar-refractivity contribution in [3.05, 3.63) is 26.9 Å². The van der Waals surface area contributed by atoms with E-state index in [9.17, 15) is 9.90 Å². The number of aryl methyl sites for hydroxylation is 1. The predicted octanol–water partition coefficient (Wildman–Crippen LogP) is 0.666. The number of carbonyl (C=O) groups is 1. The molecule has 0 saturated heterocycles. The molecule has 1 unspecified atom stereocenters. The molecule has 2 heterocycles. The van der Waals surface area contributed by atoms with Gasteiger partial charge >= 0.3 is 5.97 Å². The number of aliphatic hydroxyl groups excluding tert-OH is 1. The van der Waals surface area contributed by atoms with Gasteiger partial charge in [0.1, 0.15) is 9.39 Å². The van der Waals surface area contributed by atoms with E-state index >= 15 is 0 Å². The number of halogens is 1. The molecule has 19 heavy (non-hydrogen) atoms. The zero-order valence-electron chi connectivity index (χ0n) is 10.2. The van der Waals surface area contributed by atoms with Gasteiger partial charge < -0.3 is 14.4 Å². The second kappa shape index (κ2) is 5.65. The fourth-order valence-electron chi connectivity index (χ4n) is 1.42. The third-order valence-electron chi connectivity index (χ3n) is 2.24. The van der Waals surface area contributed by atoms with Gasteiger partial charge in [-0.15, -0.1) is 5.10 Å². The zero-order valence-corrected chi connectivity index (χ0v) is 12.4. The number of aromatic nitrogens is 4. The van der Waals surface area contributed by atoms with Crippen LogP contribution in [0.5, 0.6) is 0 Å². The first kappa shape index (κ1) is 13.9. The highest BCUT2D eigenvalue weighted by atomic mass is 127. The van der Waals surface area contributed by atoms with Crippen LogP contribution in [0.2, 0.25) is 0 Å². The lowest BCUT2D eigenvalue weighted by atomic mass is 10.2. The minimum absolute atomic E-state index is 0.00907. The largest absolute Gasteiger partial charge is 0.461 e. The maximum Gasteiger partial charge on any atom is 0.360 e. The number of rotatable bonds is 4. The van der Waals surface area contributed by atoms with Gasteiger partial charge in [-0.05, 0) is 29.5 Å². The van der Waals surface area contributed by atoms with E-state index in [0.29, 0.717) is 9.39 Å². The van der Waals surface area contributed by atoms with E-state index in [1.807, 2.05) is 22.6 Å². The van der Waals surface area contributed by atoms with Gasteiger partial charge in [0, 0.05) is 13.1 Å². The molecule has 0 aromatic carbocycles. The highest BCUT2D eigenvalue weighted by Crippen LogP contribution is 2.24. The van der Waals surface area contributed by atoms with E-state index in [-0.39, 0.29) is 18.1 Å². The van der Waals surface area contributed by atoms with Crippen molar-refractivity contribution in [2.24, 2.45) is 7.05 Å². The fraction of sp³-hybridized carbons (Fsp3) is 0.400. The van der Waals surface area contributed by atoms with E-state index in [1.165, 1.54) is 10.9 Å². The average Bonchev–Trinajstić information content (AvgIpc) is 2.95. The molecule has 2 aromatic rings. The topological polar surface area (TPSA) is 103 Å². The highest BCUT2D eigenvalue weighted by molar-refractivity contribution is 14.1. The second-order valence-electron chi connectivity index (χ2n) is 3.60. The van der Waals surface area contributed by atoms with Crippen molar-refractivity contribution in [1.29, 1.82) is 0 Å². The van der Waals surface area contributed by atoms with E-state index in [1.54, 1.807) is 14.0 Å². The first-order valence-electron chi connectivity index (χ1n) is 5.41. The minimum atomic E-state index is -1.13. The predicted molar refractivity (Wildman–Crippen MR) is 70.2 cm³/mol. The molecule has 1 N–H and O–H groups in total. The van der Waals surface area contributed by atoms with Crippen LogP contribution in [0.1, 0.15) is 35.0 Å². The van der Waals surface area contributed by atoms with Crippen molar-refractivity contribution in [2.75, 3.05) is 6.61 Å². The molecular formula is C10H11IN4O4. The van der Waals surface area contributed by atoms with Gasteiger partial charge in [0.2, 0.25) is 0 Å². The molecule has 2 rings (SSSR count). The van der Waals surface area contributed by atoms with Crippen LogP contribution in [0.15, 0.2) is 10.6 Å². The van der Waals surface area contributed by atoms with Crippen molar-refractivity contribution in [3.63, 3.8) is 0 Å². The summed E-state index contributed by atoms with van der Waals surface area (Å²) in [6.45, 7) is 1.93. The van der Waals surface area contributed by atoms with Crippen molar-refractivity contribution in [3.8, 4) is 0 Å². The van der Waals surface area contributed by atoms with Gasteiger partial charge in [-0.1, -0.05) is 5.16 Å². The summed E-state index contributed by atoms with van der Waals surface area (Å²) in [4.78, 5) is 12.8. The van der Waals surface area contributed by atoms with E-state index in [0.717, 1.165) is 0 Å². The lowest BCUT2D eigenvalue weighted by Crippen LogP contribution is -2.05. The molecule has 0 spiro atoms. The van der Waals surface area contributed by atoms with Gasteiger partial charge in [-0.25, -0.2) is 4.79 Å². The molecule has 0 fully saturated rings. The summed E-state index contributed by atoms with van der Waals surface area (Å²) in [5, 5.41) is 21.7. The molecule has 0 aliphatic heterocycles. The van der Waals surface area contributed by atoms with E-state index in [4.69, 9.17) is 9.26 Å². The second-order valence-corrected chi connectivity index (χ2v) is 4.62. The average molecular weight is 378 g/mol.